The number of methoxy groups -OCH3 is 1. The number of rotatable bonds is 5. The summed E-state index contributed by atoms with van der Waals surface area (Å²) in [6, 6.07) is 0. The highest BCUT2D eigenvalue weighted by atomic mass is 16.5. The average molecular weight is 335 g/mol. The molecule has 1 atom stereocenters. The molecule has 6 nitrogen and oxygen atoms in total. The summed E-state index contributed by atoms with van der Waals surface area (Å²) in [5, 5.41) is 0. The number of hydrogen-bond acceptors (Lipinski definition) is 5. The Morgan fingerprint density at radius 1 is 1.12 bits per heavy atom. The topological polar surface area (TPSA) is 85.5 Å². The minimum Gasteiger partial charge on any atom is -0.465 e. The third kappa shape index (κ3) is 3.68. The molecule has 2 rings (SSSR count). The first-order valence-electron chi connectivity index (χ1n) is 8.39. The molecule has 0 aromatic carbocycles. The third-order valence-corrected chi connectivity index (χ3v) is 4.67. The second-order valence-electron chi connectivity index (χ2n) is 6.39. The van der Waals surface area contributed by atoms with Gasteiger partial charge < -0.3 is 14.5 Å². The summed E-state index contributed by atoms with van der Waals surface area (Å²) in [7, 11) is 1.30. The van der Waals surface area contributed by atoms with Crippen LogP contribution in [0.4, 0.5) is 0 Å². The number of aromatic amines is 1. The van der Waals surface area contributed by atoms with Crippen molar-refractivity contribution in [3.8, 4) is 0 Å². The first-order valence-corrected chi connectivity index (χ1v) is 8.39. The Labute approximate surface area is 141 Å². The number of carbonyl (C=O) groups excluding carboxylic acids is 3. The normalized spacial score (nSPS) is 16.5. The fraction of sp³-hybridized carbons (Fsp3) is 0.611. The van der Waals surface area contributed by atoms with Gasteiger partial charge in [-0.15, -0.1) is 0 Å². The molecule has 0 amide bonds. The molecule has 0 aliphatic heterocycles. The van der Waals surface area contributed by atoms with Crippen molar-refractivity contribution < 1.29 is 23.9 Å². The van der Waals surface area contributed by atoms with Gasteiger partial charge in [0.25, 0.3) is 0 Å². The second kappa shape index (κ2) is 7.64. The van der Waals surface area contributed by atoms with E-state index >= 15 is 0 Å². The van der Waals surface area contributed by atoms with E-state index in [4.69, 9.17) is 9.47 Å². The third-order valence-electron chi connectivity index (χ3n) is 4.67. The highest BCUT2D eigenvalue weighted by molar-refractivity contribution is 6.04. The molecule has 0 unspecified atom stereocenters. The summed E-state index contributed by atoms with van der Waals surface area (Å²) in [4.78, 5) is 39.5. The lowest BCUT2D eigenvalue weighted by Crippen LogP contribution is -2.29. The van der Waals surface area contributed by atoms with Gasteiger partial charge in [-0.05, 0) is 39.2 Å². The quantitative estimate of drug-likeness (QED) is 0.660. The second-order valence-corrected chi connectivity index (χ2v) is 6.39. The summed E-state index contributed by atoms with van der Waals surface area (Å²) in [6.45, 7) is 4.95. The molecule has 0 bridgehead atoms. The van der Waals surface area contributed by atoms with Gasteiger partial charge in [0.1, 0.15) is 0 Å². The van der Waals surface area contributed by atoms with Gasteiger partial charge in [-0.25, -0.2) is 4.79 Å². The van der Waals surface area contributed by atoms with E-state index in [1.807, 2.05) is 0 Å². The molecule has 1 heterocycles. The number of H-pyrrole nitrogens is 1. The molecular formula is C18H25NO5. The molecule has 1 N–H and O–H groups in total. The predicted molar refractivity (Wildman–Crippen MR) is 88.1 cm³/mol. The zero-order chi connectivity index (χ0) is 17.9. The number of aromatic nitrogens is 1. The van der Waals surface area contributed by atoms with Crippen LogP contribution in [0, 0.1) is 19.8 Å². The van der Waals surface area contributed by atoms with Crippen molar-refractivity contribution in [1.29, 1.82) is 0 Å². The number of ketones is 1. The molecule has 1 aliphatic carbocycles. The summed E-state index contributed by atoms with van der Waals surface area (Å²) in [5.41, 5.74) is 1.72. The molecule has 132 valence electrons. The maximum atomic E-state index is 12.6. The molecule has 1 aliphatic rings. The standard InChI is InChI=1S/C18H25NO5/c1-10-14(18(22)23-4)11(2)19-15(10)16(20)12(3)24-17(21)13-8-6-5-7-9-13/h12-13,19H,5-9H2,1-4H3/t12-/m0/s1. The van der Waals surface area contributed by atoms with Gasteiger partial charge in [0.2, 0.25) is 5.78 Å². The van der Waals surface area contributed by atoms with Crippen LogP contribution >= 0.6 is 0 Å². The van der Waals surface area contributed by atoms with E-state index in [-0.39, 0.29) is 23.4 Å². The number of ether oxygens (including phenoxy) is 2. The molecule has 1 saturated carbocycles. The Hall–Kier alpha value is -2.11. The largest absolute Gasteiger partial charge is 0.465 e. The fourth-order valence-corrected chi connectivity index (χ4v) is 3.27. The van der Waals surface area contributed by atoms with Crippen LogP contribution in [-0.2, 0) is 14.3 Å². The van der Waals surface area contributed by atoms with E-state index in [9.17, 15) is 14.4 Å². The zero-order valence-electron chi connectivity index (χ0n) is 14.7. The molecule has 1 fully saturated rings. The number of aryl methyl sites for hydroxylation is 1. The lowest BCUT2D eigenvalue weighted by molar-refractivity contribution is -0.152. The first-order chi connectivity index (χ1) is 11.4. The highest BCUT2D eigenvalue weighted by Crippen LogP contribution is 2.26. The van der Waals surface area contributed by atoms with E-state index in [1.165, 1.54) is 7.11 Å². The van der Waals surface area contributed by atoms with Gasteiger partial charge in [0.05, 0.1) is 24.3 Å². The summed E-state index contributed by atoms with van der Waals surface area (Å²) in [6.07, 6.45) is 3.97. The molecular weight excluding hydrogens is 310 g/mol. The first kappa shape index (κ1) is 18.2. The van der Waals surface area contributed by atoms with Gasteiger partial charge in [-0.3, -0.25) is 9.59 Å². The lowest BCUT2D eigenvalue weighted by atomic mass is 9.89. The molecule has 6 heteroatoms. The number of hydrogen-bond donors (Lipinski definition) is 1. The van der Waals surface area contributed by atoms with Gasteiger partial charge in [0, 0.05) is 5.69 Å². The van der Waals surface area contributed by atoms with Crippen LogP contribution in [0.3, 0.4) is 0 Å². The Morgan fingerprint density at radius 3 is 2.33 bits per heavy atom. The van der Waals surface area contributed by atoms with Crippen molar-refractivity contribution in [3.63, 3.8) is 0 Å². The Morgan fingerprint density at radius 2 is 1.75 bits per heavy atom. The van der Waals surface area contributed by atoms with Crippen LogP contribution in [-0.4, -0.2) is 35.9 Å². The number of carbonyl (C=O) groups is 3. The van der Waals surface area contributed by atoms with E-state index in [0.717, 1.165) is 32.1 Å². The fourth-order valence-electron chi connectivity index (χ4n) is 3.27. The van der Waals surface area contributed by atoms with Crippen LogP contribution in [0.25, 0.3) is 0 Å². The maximum absolute atomic E-state index is 12.6. The number of esters is 2. The lowest BCUT2D eigenvalue weighted by Gasteiger charge is -2.21. The molecule has 1 aromatic heterocycles. The van der Waals surface area contributed by atoms with Crippen LogP contribution in [0.1, 0.15) is 71.1 Å². The number of nitrogens with one attached hydrogen (secondary N) is 1. The van der Waals surface area contributed by atoms with Crippen LogP contribution < -0.4 is 0 Å². The van der Waals surface area contributed by atoms with Crippen LogP contribution in [0.5, 0.6) is 0 Å². The van der Waals surface area contributed by atoms with Crippen LogP contribution in [0.2, 0.25) is 0 Å². The van der Waals surface area contributed by atoms with Crippen molar-refractivity contribution in [2.75, 3.05) is 7.11 Å². The Balaban J connectivity index is 2.10. The minimum absolute atomic E-state index is 0.105. The molecule has 1 aromatic rings. The van der Waals surface area contributed by atoms with Crippen molar-refractivity contribution >= 4 is 17.7 Å². The van der Waals surface area contributed by atoms with Gasteiger partial charge >= 0.3 is 11.9 Å². The van der Waals surface area contributed by atoms with E-state index in [2.05, 4.69) is 4.98 Å². The van der Waals surface area contributed by atoms with Crippen molar-refractivity contribution in [1.82, 2.24) is 4.98 Å². The monoisotopic (exact) mass is 335 g/mol. The van der Waals surface area contributed by atoms with Gasteiger partial charge in [-0.1, -0.05) is 19.3 Å². The van der Waals surface area contributed by atoms with Crippen molar-refractivity contribution in [3.05, 3.63) is 22.5 Å². The van der Waals surface area contributed by atoms with Crippen LogP contribution in [0.15, 0.2) is 0 Å². The molecule has 0 radical (unpaired) electrons. The Bertz CT molecular complexity index is 640. The minimum atomic E-state index is -0.887. The van der Waals surface area contributed by atoms with E-state index in [0.29, 0.717) is 16.8 Å². The maximum Gasteiger partial charge on any atom is 0.339 e. The summed E-state index contributed by atoms with van der Waals surface area (Å²) < 4.78 is 10.1. The van der Waals surface area contributed by atoms with Gasteiger partial charge in [0.15, 0.2) is 6.10 Å². The molecule has 0 saturated heterocycles. The summed E-state index contributed by atoms with van der Waals surface area (Å²) in [5.74, 6) is -1.24. The van der Waals surface area contributed by atoms with E-state index in [1.54, 1.807) is 20.8 Å². The van der Waals surface area contributed by atoms with Gasteiger partial charge in [-0.2, -0.15) is 0 Å². The van der Waals surface area contributed by atoms with Crippen molar-refractivity contribution in [2.45, 2.75) is 59.0 Å². The molecule has 24 heavy (non-hydrogen) atoms. The average Bonchev–Trinajstić information content (AvgIpc) is 2.88. The number of Topliss-reactive ketones (excluding diaryl/α,β-unsaturated/α-hetero) is 1. The summed E-state index contributed by atoms with van der Waals surface area (Å²) >= 11 is 0. The van der Waals surface area contributed by atoms with Crippen molar-refractivity contribution in [2.24, 2.45) is 5.92 Å². The Kier molecular flexibility index (Phi) is 5.80. The smallest absolute Gasteiger partial charge is 0.339 e. The zero-order valence-corrected chi connectivity index (χ0v) is 14.7. The van der Waals surface area contributed by atoms with E-state index < -0.39 is 12.1 Å². The molecule has 0 spiro atoms. The predicted octanol–water partition coefficient (Wildman–Crippen LogP) is 3.11. The SMILES string of the molecule is COC(=O)c1c(C)[nH]c(C(=O)[C@H](C)OC(=O)C2CCCCC2)c1C. The highest BCUT2D eigenvalue weighted by Gasteiger charge is 2.30.